The summed E-state index contributed by atoms with van der Waals surface area (Å²) >= 11 is 1.51. The highest BCUT2D eigenvalue weighted by Gasteiger charge is 2.53. The van der Waals surface area contributed by atoms with Gasteiger partial charge in [0.2, 0.25) is 11.8 Å². The Balaban J connectivity index is 2.44. The van der Waals surface area contributed by atoms with Crippen molar-refractivity contribution < 1.29 is 14.4 Å². The summed E-state index contributed by atoms with van der Waals surface area (Å²) in [5.41, 5.74) is -1.13. The number of amides is 4. The molecule has 1 aliphatic heterocycles. The largest absolute Gasteiger partial charge is 0.331 e. The van der Waals surface area contributed by atoms with Crippen LogP contribution in [0.5, 0.6) is 0 Å². The fraction of sp³-hybridized carbons (Fsp3) is 0.533. The number of hydrogen-bond donors (Lipinski definition) is 1. The zero-order valence-electron chi connectivity index (χ0n) is 12.5. The number of thiophene rings is 1. The van der Waals surface area contributed by atoms with Gasteiger partial charge in [-0.15, -0.1) is 11.3 Å². The molecule has 2 heterocycles. The van der Waals surface area contributed by atoms with Crippen LogP contribution in [0.25, 0.3) is 0 Å². The Morgan fingerprint density at radius 3 is 2.38 bits per heavy atom. The second-order valence-electron chi connectivity index (χ2n) is 5.16. The third-order valence-electron chi connectivity index (χ3n) is 4.28. The molecule has 0 aromatic carbocycles. The van der Waals surface area contributed by atoms with Gasteiger partial charge in [-0.3, -0.25) is 19.8 Å². The van der Waals surface area contributed by atoms with Crippen LogP contribution in [0, 0.1) is 5.41 Å². The Morgan fingerprint density at radius 1 is 1.24 bits per heavy atom. The van der Waals surface area contributed by atoms with Crippen LogP contribution in [0.3, 0.4) is 0 Å². The Bertz CT molecular complexity index is 549. The molecule has 2 rings (SSSR count). The van der Waals surface area contributed by atoms with Crippen LogP contribution in [-0.2, 0) is 9.59 Å². The van der Waals surface area contributed by atoms with Crippen molar-refractivity contribution >= 4 is 29.2 Å². The van der Waals surface area contributed by atoms with E-state index in [2.05, 4.69) is 5.32 Å². The van der Waals surface area contributed by atoms with Crippen molar-refractivity contribution in [3.05, 3.63) is 22.4 Å². The molecule has 1 fully saturated rings. The quantitative estimate of drug-likeness (QED) is 0.850. The van der Waals surface area contributed by atoms with E-state index < -0.39 is 17.4 Å². The van der Waals surface area contributed by atoms with E-state index in [4.69, 9.17) is 0 Å². The average molecular weight is 308 g/mol. The summed E-state index contributed by atoms with van der Waals surface area (Å²) in [6, 6.07) is 2.88. The summed E-state index contributed by atoms with van der Waals surface area (Å²) < 4.78 is 0. The minimum absolute atomic E-state index is 0.317. The lowest BCUT2D eigenvalue weighted by Crippen LogP contribution is -2.64. The number of urea groups is 1. The van der Waals surface area contributed by atoms with Gasteiger partial charge in [0.05, 0.1) is 6.04 Å². The fourth-order valence-corrected chi connectivity index (χ4v) is 3.75. The summed E-state index contributed by atoms with van der Waals surface area (Å²) in [7, 11) is 0. The molecule has 114 valence electrons. The van der Waals surface area contributed by atoms with Gasteiger partial charge >= 0.3 is 6.03 Å². The van der Waals surface area contributed by atoms with Crippen LogP contribution in [-0.4, -0.2) is 22.7 Å². The van der Waals surface area contributed by atoms with Crippen LogP contribution >= 0.6 is 11.3 Å². The van der Waals surface area contributed by atoms with E-state index in [-0.39, 0.29) is 11.9 Å². The van der Waals surface area contributed by atoms with Crippen LogP contribution in [0.2, 0.25) is 0 Å². The van der Waals surface area contributed by atoms with E-state index in [0.29, 0.717) is 19.3 Å². The van der Waals surface area contributed by atoms with Crippen molar-refractivity contribution in [2.45, 2.75) is 46.1 Å². The zero-order valence-corrected chi connectivity index (χ0v) is 13.3. The summed E-state index contributed by atoms with van der Waals surface area (Å²) in [4.78, 5) is 39.4. The average Bonchev–Trinajstić information content (AvgIpc) is 2.98. The lowest BCUT2D eigenvalue weighted by molar-refractivity contribution is -0.153. The standard InChI is InChI=1S/C15H20N2O3S/c1-4-10(11-8-7-9-21-11)17-13(19)15(5-2,6-3)12(18)16-14(17)20/h7-10H,4-6H2,1-3H3,(H,16,18,20). The third kappa shape index (κ3) is 2.37. The highest BCUT2D eigenvalue weighted by atomic mass is 32.1. The molecule has 1 unspecified atom stereocenters. The van der Waals surface area contributed by atoms with Crippen molar-refractivity contribution in [1.29, 1.82) is 0 Å². The van der Waals surface area contributed by atoms with Gasteiger partial charge in [-0.2, -0.15) is 0 Å². The Hall–Kier alpha value is -1.69. The maximum Gasteiger partial charge on any atom is 0.331 e. The van der Waals surface area contributed by atoms with Gasteiger partial charge < -0.3 is 0 Å². The summed E-state index contributed by atoms with van der Waals surface area (Å²) in [6.07, 6.45) is 1.40. The van der Waals surface area contributed by atoms with Gasteiger partial charge in [-0.05, 0) is 30.7 Å². The van der Waals surface area contributed by atoms with E-state index in [0.717, 1.165) is 4.88 Å². The third-order valence-corrected chi connectivity index (χ3v) is 5.25. The first-order valence-corrected chi connectivity index (χ1v) is 8.12. The molecule has 6 heteroatoms. The number of nitrogens with zero attached hydrogens (tertiary/aromatic N) is 1. The molecule has 5 nitrogen and oxygen atoms in total. The predicted molar refractivity (Wildman–Crippen MR) is 80.8 cm³/mol. The van der Waals surface area contributed by atoms with Crippen LogP contribution in [0.15, 0.2) is 17.5 Å². The molecule has 0 bridgehead atoms. The molecular formula is C15H20N2O3S. The fourth-order valence-electron chi connectivity index (χ4n) is 2.85. The minimum atomic E-state index is -1.13. The molecule has 1 aromatic rings. The SMILES string of the molecule is CCC(c1cccs1)N1C(=O)NC(=O)C(CC)(CC)C1=O. The van der Waals surface area contributed by atoms with Crippen molar-refractivity contribution in [2.24, 2.45) is 5.41 Å². The second kappa shape index (κ2) is 5.97. The van der Waals surface area contributed by atoms with Crippen molar-refractivity contribution in [2.75, 3.05) is 0 Å². The first-order chi connectivity index (χ1) is 10.0. The van der Waals surface area contributed by atoms with Crippen LogP contribution < -0.4 is 5.32 Å². The highest BCUT2D eigenvalue weighted by molar-refractivity contribution is 7.10. The molecule has 21 heavy (non-hydrogen) atoms. The number of imide groups is 2. The minimum Gasteiger partial charge on any atom is -0.277 e. The maximum atomic E-state index is 12.9. The molecule has 0 saturated carbocycles. The predicted octanol–water partition coefficient (Wildman–Crippen LogP) is 3.08. The van der Waals surface area contributed by atoms with Gasteiger partial charge in [-0.25, -0.2) is 4.79 Å². The number of rotatable bonds is 5. The number of barbiturate groups is 1. The van der Waals surface area contributed by atoms with Gasteiger partial charge in [0.15, 0.2) is 0 Å². The Morgan fingerprint density at radius 2 is 1.90 bits per heavy atom. The molecule has 0 radical (unpaired) electrons. The van der Waals surface area contributed by atoms with E-state index >= 15 is 0 Å². The maximum absolute atomic E-state index is 12.9. The van der Waals surface area contributed by atoms with E-state index in [1.165, 1.54) is 16.2 Å². The Labute approximate surface area is 128 Å². The highest BCUT2D eigenvalue weighted by Crippen LogP contribution is 2.38. The second-order valence-corrected chi connectivity index (χ2v) is 6.14. The summed E-state index contributed by atoms with van der Waals surface area (Å²) in [5.74, 6) is -0.846. The molecule has 1 aromatic heterocycles. The van der Waals surface area contributed by atoms with Crippen molar-refractivity contribution in [3.8, 4) is 0 Å². The molecular weight excluding hydrogens is 288 g/mol. The smallest absolute Gasteiger partial charge is 0.277 e. The number of hydrogen-bond acceptors (Lipinski definition) is 4. The lowest BCUT2D eigenvalue weighted by atomic mass is 9.78. The van der Waals surface area contributed by atoms with Crippen molar-refractivity contribution in [3.63, 3.8) is 0 Å². The van der Waals surface area contributed by atoms with Crippen LogP contribution in [0.4, 0.5) is 4.79 Å². The first kappa shape index (κ1) is 15.7. The van der Waals surface area contributed by atoms with E-state index in [9.17, 15) is 14.4 Å². The molecule has 1 atom stereocenters. The first-order valence-electron chi connectivity index (χ1n) is 7.24. The van der Waals surface area contributed by atoms with Gasteiger partial charge in [0.25, 0.3) is 0 Å². The topological polar surface area (TPSA) is 66.5 Å². The summed E-state index contributed by atoms with van der Waals surface area (Å²) in [5, 5.41) is 4.28. The van der Waals surface area contributed by atoms with Crippen molar-refractivity contribution in [1.82, 2.24) is 10.2 Å². The molecule has 1 N–H and O–H groups in total. The number of carbonyl (C=O) groups is 3. The van der Waals surface area contributed by atoms with Crippen LogP contribution in [0.1, 0.15) is 51.0 Å². The normalized spacial score (nSPS) is 19.6. The van der Waals surface area contributed by atoms with Gasteiger partial charge in [0, 0.05) is 4.88 Å². The van der Waals surface area contributed by atoms with E-state index in [1.807, 2.05) is 24.4 Å². The zero-order chi connectivity index (χ0) is 15.6. The summed E-state index contributed by atoms with van der Waals surface area (Å²) in [6.45, 7) is 5.54. The molecule has 0 aliphatic carbocycles. The Kier molecular flexibility index (Phi) is 4.46. The lowest BCUT2D eigenvalue weighted by Gasteiger charge is -2.41. The molecule has 0 spiro atoms. The number of nitrogens with one attached hydrogen (secondary N) is 1. The van der Waals surface area contributed by atoms with Gasteiger partial charge in [0.1, 0.15) is 5.41 Å². The monoisotopic (exact) mass is 308 g/mol. The van der Waals surface area contributed by atoms with E-state index in [1.54, 1.807) is 13.8 Å². The number of carbonyl (C=O) groups excluding carboxylic acids is 3. The molecule has 4 amide bonds. The van der Waals surface area contributed by atoms with Gasteiger partial charge in [-0.1, -0.05) is 26.8 Å². The molecule has 1 aliphatic rings. The molecule has 1 saturated heterocycles.